The lowest BCUT2D eigenvalue weighted by Gasteiger charge is -2.32. The Kier molecular flexibility index (Phi) is 11.9. The van der Waals surface area contributed by atoms with E-state index >= 15 is 0 Å². The van der Waals surface area contributed by atoms with E-state index in [9.17, 15) is 18.0 Å². The standard InChI is InChI=1S/C28H39Cl2N3O4S/c1-7-21(5)31-28(35)25(8-2)32(18-22-13-14-23(29)17-24(22)30)27(34)10-9-15-33(38(6,36)37)26-16-19(3)11-12-20(26)4/h11-14,16-17,21,25H,7-10,15,18H2,1-6H3,(H,31,35)/t21-,25-/m0/s1. The van der Waals surface area contributed by atoms with Gasteiger partial charge in [-0.25, -0.2) is 8.42 Å². The molecule has 7 nitrogen and oxygen atoms in total. The number of amides is 2. The number of rotatable bonds is 13. The summed E-state index contributed by atoms with van der Waals surface area (Å²) in [6, 6.07) is 9.96. The number of nitrogens with one attached hydrogen (secondary N) is 1. The molecule has 2 atom stereocenters. The van der Waals surface area contributed by atoms with Crippen molar-refractivity contribution in [2.45, 2.75) is 78.9 Å². The van der Waals surface area contributed by atoms with Gasteiger partial charge in [0.05, 0.1) is 11.9 Å². The van der Waals surface area contributed by atoms with Crippen LogP contribution < -0.4 is 9.62 Å². The Morgan fingerprint density at radius 1 is 1.03 bits per heavy atom. The highest BCUT2D eigenvalue weighted by Gasteiger charge is 2.30. The first kappa shape index (κ1) is 31.9. The van der Waals surface area contributed by atoms with Crippen molar-refractivity contribution < 1.29 is 18.0 Å². The molecule has 0 aliphatic rings. The first-order valence-electron chi connectivity index (χ1n) is 12.9. The molecular formula is C28H39Cl2N3O4S. The molecule has 0 saturated carbocycles. The third-order valence-electron chi connectivity index (χ3n) is 6.53. The van der Waals surface area contributed by atoms with Gasteiger partial charge in [-0.05, 0) is 74.9 Å². The summed E-state index contributed by atoms with van der Waals surface area (Å²) in [7, 11) is -3.57. The van der Waals surface area contributed by atoms with Crippen LogP contribution >= 0.6 is 23.2 Å². The average molecular weight is 585 g/mol. The lowest BCUT2D eigenvalue weighted by Crippen LogP contribution is -2.50. The molecule has 0 heterocycles. The van der Waals surface area contributed by atoms with Gasteiger partial charge in [-0.3, -0.25) is 13.9 Å². The first-order valence-corrected chi connectivity index (χ1v) is 15.5. The molecule has 0 radical (unpaired) electrons. The van der Waals surface area contributed by atoms with Crippen molar-refractivity contribution in [2.24, 2.45) is 0 Å². The number of nitrogens with zero attached hydrogens (tertiary/aromatic N) is 2. The lowest BCUT2D eigenvalue weighted by molar-refractivity contribution is -0.141. The van der Waals surface area contributed by atoms with E-state index in [0.717, 1.165) is 23.8 Å². The van der Waals surface area contributed by atoms with Gasteiger partial charge in [-0.1, -0.05) is 55.2 Å². The molecule has 1 N–H and O–H groups in total. The second-order valence-electron chi connectivity index (χ2n) is 9.73. The molecule has 0 saturated heterocycles. The molecule has 2 aromatic rings. The van der Waals surface area contributed by atoms with E-state index < -0.39 is 16.1 Å². The second-order valence-corrected chi connectivity index (χ2v) is 12.5. The van der Waals surface area contributed by atoms with Gasteiger partial charge in [0, 0.05) is 35.6 Å². The normalized spacial score (nSPS) is 13.1. The van der Waals surface area contributed by atoms with E-state index in [1.165, 1.54) is 9.21 Å². The van der Waals surface area contributed by atoms with E-state index in [0.29, 0.717) is 27.7 Å². The minimum absolute atomic E-state index is 0.0338. The predicted molar refractivity (Wildman–Crippen MR) is 156 cm³/mol. The van der Waals surface area contributed by atoms with Crippen LogP contribution in [0.2, 0.25) is 10.0 Å². The maximum Gasteiger partial charge on any atom is 0.243 e. The van der Waals surface area contributed by atoms with Gasteiger partial charge < -0.3 is 10.2 Å². The van der Waals surface area contributed by atoms with Crippen LogP contribution in [0, 0.1) is 13.8 Å². The zero-order valence-electron chi connectivity index (χ0n) is 23.1. The topological polar surface area (TPSA) is 86.8 Å². The Labute approximate surface area is 237 Å². The zero-order valence-corrected chi connectivity index (χ0v) is 25.4. The van der Waals surface area contributed by atoms with Gasteiger partial charge >= 0.3 is 0 Å². The number of hydrogen-bond donors (Lipinski definition) is 1. The van der Waals surface area contributed by atoms with Crippen molar-refractivity contribution in [3.8, 4) is 0 Å². The fraction of sp³-hybridized carbons (Fsp3) is 0.500. The number of hydrogen-bond acceptors (Lipinski definition) is 4. The Balaban J connectivity index is 2.30. The minimum atomic E-state index is -3.57. The van der Waals surface area contributed by atoms with Crippen molar-refractivity contribution >= 4 is 50.7 Å². The number of benzene rings is 2. The molecule has 0 aliphatic carbocycles. The van der Waals surface area contributed by atoms with Crippen molar-refractivity contribution in [3.05, 3.63) is 63.1 Å². The van der Waals surface area contributed by atoms with Crippen LogP contribution in [0.15, 0.2) is 36.4 Å². The van der Waals surface area contributed by atoms with Crippen LogP contribution in [0.4, 0.5) is 5.69 Å². The summed E-state index contributed by atoms with van der Waals surface area (Å²) in [4.78, 5) is 28.3. The Morgan fingerprint density at radius 3 is 2.29 bits per heavy atom. The number of aryl methyl sites for hydroxylation is 2. The molecule has 10 heteroatoms. The van der Waals surface area contributed by atoms with Crippen LogP contribution in [0.1, 0.15) is 63.1 Å². The maximum atomic E-state index is 13.6. The van der Waals surface area contributed by atoms with Crippen LogP contribution in [-0.2, 0) is 26.2 Å². The van der Waals surface area contributed by atoms with Crippen molar-refractivity contribution in [1.82, 2.24) is 10.2 Å². The van der Waals surface area contributed by atoms with E-state index in [4.69, 9.17) is 23.2 Å². The Bertz CT molecular complexity index is 1240. The number of carbonyl (C=O) groups excluding carboxylic acids is 2. The predicted octanol–water partition coefficient (Wildman–Crippen LogP) is 5.88. The molecule has 2 amide bonds. The van der Waals surface area contributed by atoms with E-state index in [1.807, 2.05) is 52.8 Å². The van der Waals surface area contributed by atoms with E-state index in [2.05, 4.69) is 5.32 Å². The molecule has 0 bridgehead atoms. The van der Waals surface area contributed by atoms with Crippen molar-refractivity contribution in [2.75, 3.05) is 17.1 Å². The van der Waals surface area contributed by atoms with Gasteiger partial charge in [-0.2, -0.15) is 0 Å². The monoisotopic (exact) mass is 583 g/mol. The quantitative estimate of drug-likeness (QED) is 0.319. The summed E-state index contributed by atoms with van der Waals surface area (Å²) in [5.74, 6) is -0.481. The van der Waals surface area contributed by atoms with Crippen LogP contribution in [-0.4, -0.2) is 50.0 Å². The molecule has 0 fully saturated rings. The lowest BCUT2D eigenvalue weighted by atomic mass is 10.1. The highest BCUT2D eigenvalue weighted by Crippen LogP contribution is 2.26. The third kappa shape index (κ3) is 8.89. The highest BCUT2D eigenvalue weighted by atomic mass is 35.5. The maximum absolute atomic E-state index is 13.6. The summed E-state index contributed by atoms with van der Waals surface area (Å²) in [6.07, 6.45) is 2.69. The summed E-state index contributed by atoms with van der Waals surface area (Å²) in [5, 5.41) is 3.86. The fourth-order valence-electron chi connectivity index (χ4n) is 4.16. The molecule has 0 aromatic heterocycles. The summed E-state index contributed by atoms with van der Waals surface area (Å²) in [5.41, 5.74) is 3.05. The highest BCUT2D eigenvalue weighted by molar-refractivity contribution is 7.92. The fourth-order valence-corrected chi connectivity index (χ4v) is 5.65. The summed E-state index contributed by atoms with van der Waals surface area (Å²) in [6.45, 7) is 9.79. The molecule has 0 unspecified atom stereocenters. The molecule has 0 spiro atoms. The average Bonchev–Trinajstić information content (AvgIpc) is 2.83. The number of anilines is 1. The number of sulfonamides is 1. The number of halogens is 2. The minimum Gasteiger partial charge on any atom is -0.352 e. The van der Waals surface area contributed by atoms with Gasteiger partial charge in [0.25, 0.3) is 0 Å². The van der Waals surface area contributed by atoms with E-state index in [1.54, 1.807) is 18.2 Å². The van der Waals surface area contributed by atoms with Crippen LogP contribution in [0.3, 0.4) is 0 Å². The first-order chi connectivity index (χ1) is 17.8. The molecule has 38 heavy (non-hydrogen) atoms. The van der Waals surface area contributed by atoms with Gasteiger partial charge in [0.1, 0.15) is 6.04 Å². The van der Waals surface area contributed by atoms with Crippen molar-refractivity contribution in [1.29, 1.82) is 0 Å². The van der Waals surface area contributed by atoms with Gasteiger partial charge in [0.15, 0.2) is 0 Å². The summed E-state index contributed by atoms with van der Waals surface area (Å²) >= 11 is 12.5. The zero-order chi connectivity index (χ0) is 28.6. The third-order valence-corrected chi connectivity index (χ3v) is 8.30. The molecule has 2 aromatic carbocycles. The largest absolute Gasteiger partial charge is 0.352 e. The Morgan fingerprint density at radius 2 is 1.71 bits per heavy atom. The number of carbonyl (C=O) groups is 2. The smallest absolute Gasteiger partial charge is 0.243 e. The summed E-state index contributed by atoms with van der Waals surface area (Å²) < 4.78 is 26.6. The van der Waals surface area contributed by atoms with Gasteiger partial charge in [-0.15, -0.1) is 0 Å². The second kappa shape index (κ2) is 14.2. The molecule has 0 aliphatic heterocycles. The van der Waals surface area contributed by atoms with E-state index in [-0.39, 0.29) is 43.8 Å². The molecule has 210 valence electrons. The molecular weight excluding hydrogens is 545 g/mol. The van der Waals surface area contributed by atoms with Crippen LogP contribution in [0.25, 0.3) is 0 Å². The van der Waals surface area contributed by atoms with Crippen molar-refractivity contribution in [3.63, 3.8) is 0 Å². The Hall–Kier alpha value is -2.29. The van der Waals surface area contributed by atoms with Gasteiger partial charge in [0.2, 0.25) is 21.8 Å². The molecule has 2 rings (SSSR count). The van der Waals surface area contributed by atoms with Crippen LogP contribution in [0.5, 0.6) is 0 Å². The SMILES string of the molecule is CC[C@H](C)NC(=O)[C@H](CC)N(Cc1ccc(Cl)cc1Cl)C(=O)CCCN(c1cc(C)ccc1C)S(C)(=O)=O.